The Morgan fingerprint density at radius 3 is 2.22 bits per heavy atom. The van der Waals surface area contributed by atoms with Crippen molar-refractivity contribution in [3.05, 3.63) is 158 Å². The number of benzene rings is 6. The maximum Gasteiger partial charge on any atom is 0.120 e. The van der Waals surface area contributed by atoms with Crippen LogP contribution in [0.3, 0.4) is 0 Å². The molecule has 3 aromatic heterocycles. The van der Waals surface area contributed by atoms with Gasteiger partial charge in [-0.05, 0) is 41.2 Å². The van der Waals surface area contributed by atoms with Gasteiger partial charge >= 0.3 is 0 Å². The Balaban J connectivity index is 0.000000160. The third-order valence-corrected chi connectivity index (χ3v) is 10.7. The first kappa shape index (κ1) is 32.4. The summed E-state index contributed by atoms with van der Waals surface area (Å²) >= 11 is 0. The monoisotopic (exact) mass is 828 g/mol. The van der Waals surface area contributed by atoms with E-state index < -0.39 is 8.07 Å². The van der Waals surface area contributed by atoms with Crippen LogP contribution in [0.4, 0.5) is 0 Å². The molecule has 0 aliphatic heterocycles. The molecule has 0 aliphatic carbocycles. The Kier molecular flexibility index (Phi) is 8.87. The summed E-state index contributed by atoms with van der Waals surface area (Å²) in [6.45, 7) is 7.02. The van der Waals surface area contributed by atoms with Crippen molar-refractivity contribution in [2.24, 2.45) is 0 Å². The predicted octanol–water partition coefficient (Wildman–Crippen LogP) is 10.6. The maximum absolute atomic E-state index is 6.24. The van der Waals surface area contributed by atoms with Gasteiger partial charge in [-0.3, -0.25) is 4.98 Å². The van der Waals surface area contributed by atoms with Crippen LogP contribution < -0.4 is 5.19 Å². The molecule has 9 rings (SSSR count). The molecule has 0 spiro atoms. The maximum atomic E-state index is 6.24. The molecular formula is C43H33IrN3OSi-2. The number of nitrogens with zero attached hydrogens (tertiary/aromatic N) is 3. The molecule has 6 heteroatoms. The number of furan rings is 1. The van der Waals surface area contributed by atoms with Gasteiger partial charge in [-0.15, -0.1) is 47.3 Å². The van der Waals surface area contributed by atoms with Crippen LogP contribution in [0.5, 0.6) is 0 Å². The Labute approximate surface area is 300 Å². The molecule has 1 radical (unpaired) electrons. The van der Waals surface area contributed by atoms with Crippen LogP contribution in [0.2, 0.25) is 19.6 Å². The van der Waals surface area contributed by atoms with E-state index in [2.05, 4.69) is 114 Å². The van der Waals surface area contributed by atoms with E-state index in [9.17, 15) is 0 Å². The summed E-state index contributed by atoms with van der Waals surface area (Å²) in [6, 6.07) is 54.2. The minimum Gasteiger partial charge on any atom is -0.501 e. The Bertz CT molecular complexity index is 2550. The van der Waals surface area contributed by atoms with Crippen molar-refractivity contribution in [2.75, 3.05) is 0 Å². The number of imidazole rings is 1. The number of rotatable bonds is 4. The minimum absolute atomic E-state index is 0. The largest absolute Gasteiger partial charge is 0.501 e. The number of fused-ring (bicyclic) bond motifs is 5. The second-order valence-corrected chi connectivity index (χ2v) is 18.0. The van der Waals surface area contributed by atoms with Crippen molar-refractivity contribution in [1.29, 1.82) is 0 Å². The van der Waals surface area contributed by atoms with Gasteiger partial charge in [0.2, 0.25) is 0 Å². The van der Waals surface area contributed by atoms with Gasteiger partial charge < -0.3 is 14.0 Å². The van der Waals surface area contributed by atoms with E-state index in [-0.39, 0.29) is 20.1 Å². The standard InChI is InChI=1S/C25H15N2O.C18H18NSi.Ir/c1-2-9-17(10-3-1)27-22-15-6-5-14-21(22)26-25(27)20-13-8-12-19-18-11-4-7-16-23(18)28-24(19)20;1-20(2,3)17-10-11-18(19-13-17)16-9-8-14-6-4-5-7-15(14)12-16;/h1-12,14-16H;4-8,10-13H,1-3H3;/q2*-1;. The molecule has 4 nitrogen and oxygen atoms in total. The third kappa shape index (κ3) is 6.27. The number of para-hydroxylation sites is 4. The number of hydrogen-bond acceptors (Lipinski definition) is 3. The first-order valence-electron chi connectivity index (χ1n) is 16.2. The molecule has 0 amide bonds. The summed E-state index contributed by atoms with van der Waals surface area (Å²) < 4.78 is 8.41. The molecule has 0 unspecified atom stereocenters. The molecule has 0 saturated carbocycles. The van der Waals surface area contributed by atoms with E-state index in [1.165, 1.54) is 16.0 Å². The van der Waals surface area contributed by atoms with Gasteiger partial charge in [0.05, 0.1) is 30.5 Å². The van der Waals surface area contributed by atoms with Crippen LogP contribution >= 0.6 is 0 Å². The first-order chi connectivity index (χ1) is 23.4. The summed E-state index contributed by atoms with van der Waals surface area (Å²) in [5.74, 6) is 0.831. The van der Waals surface area contributed by atoms with Crippen molar-refractivity contribution >= 4 is 57.0 Å². The Morgan fingerprint density at radius 2 is 1.43 bits per heavy atom. The summed E-state index contributed by atoms with van der Waals surface area (Å²) in [7, 11) is -1.27. The molecular weight excluding hydrogens is 795 g/mol. The minimum atomic E-state index is -1.27. The Hall–Kier alpha value is -5.13. The smallest absolute Gasteiger partial charge is 0.120 e. The SMILES string of the molecule is C[Si](C)(C)c1ccc(-c2[c-]cc3ccccc3c2)nc1.[Ir].[c-]1ccc2c(oc3ccccc32)c1-c1nc2ccccc2n1-c1ccccc1. The molecule has 0 saturated heterocycles. The molecule has 0 fully saturated rings. The van der Waals surface area contributed by atoms with E-state index in [0.717, 1.165) is 61.3 Å². The normalized spacial score (nSPS) is 11.4. The van der Waals surface area contributed by atoms with Crippen LogP contribution in [0.1, 0.15) is 0 Å². The summed E-state index contributed by atoms with van der Waals surface area (Å²) in [5.41, 5.74) is 7.69. The van der Waals surface area contributed by atoms with Crippen molar-refractivity contribution in [3.8, 4) is 28.3 Å². The third-order valence-electron chi connectivity index (χ3n) is 8.72. The van der Waals surface area contributed by atoms with Gasteiger partial charge in [0.1, 0.15) is 5.58 Å². The molecule has 0 atom stereocenters. The zero-order chi connectivity index (χ0) is 32.7. The summed E-state index contributed by atoms with van der Waals surface area (Å²) in [5, 5.41) is 6.03. The second-order valence-electron chi connectivity index (χ2n) is 12.9. The average molecular weight is 828 g/mol. The van der Waals surface area contributed by atoms with Crippen molar-refractivity contribution < 1.29 is 24.5 Å². The fraction of sp³-hybridized carbons (Fsp3) is 0.0698. The van der Waals surface area contributed by atoms with Crippen LogP contribution in [0.15, 0.2) is 150 Å². The molecule has 6 aromatic carbocycles. The van der Waals surface area contributed by atoms with Gasteiger partial charge in [-0.2, -0.15) is 0 Å². The number of aromatic nitrogens is 3. The average Bonchev–Trinajstić information content (AvgIpc) is 3.71. The zero-order valence-electron chi connectivity index (χ0n) is 27.4. The molecule has 9 aromatic rings. The van der Waals surface area contributed by atoms with Crippen LogP contribution in [0.25, 0.3) is 72.1 Å². The number of pyridine rings is 1. The van der Waals surface area contributed by atoms with Crippen LogP contribution in [-0.2, 0) is 20.1 Å². The van der Waals surface area contributed by atoms with Crippen LogP contribution in [-0.4, -0.2) is 22.6 Å². The van der Waals surface area contributed by atoms with Crippen molar-refractivity contribution in [3.63, 3.8) is 0 Å². The molecule has 3 heterocycles. The van der Waals surface area contributed by atoms with E-state index in [1.807, 2.05) is 72.9 Å². The fourth-order valence-electron chi connectivity index (χ4n) is 6.16. The first-order valence-corrected chi connectivity index (χ1v) is 19.7. The van der Waals surface area contributed by atoms with E-state index >= 15 is 0 Å². The van der Waals surface area contributed by atoms with Gasteiger partial charge in [-0.1, -0.05) is 121 Å². The molecule has 241 valence electrons. The van der Waals surface area contributed by atoms with Gasteiger partial charge in [0, 0.05) is 37.4 Å². The number of hydrogen-bond donors (Lipinski definition) is 0. The van der Waals surface area contributed by atoms with Gasteiger partial charge in [-0.25, -0.2) is 0 Å². The van der Waals surface area contributed by atoms with Crippen molar-refractivity contribution in [2.45, 2.75) is 19.6 Å². The van der Waals surface area contributed by atoms with E-state index in [1.54, 1.807) is 0 Å². The summed E-state index contributed by atoms with van der Waals surface area (Å²) in [4.78, 5) is 9.58. The molecule has 0 bridgehead atoms. The summed E-state index contributed by atoms with van der Waals surface area (Å²) in [6.07, 6.45) is 2.03. The fourth-order valence-corrected chi connectivity index (χ4v) is 7.20. The molecule has 0 aliphatic rings. The van der Waals surface area contributed by atoms with Crippen LogP contribution in [0, 0.1) is 12.1 Å². The predicted molar refractivity (Wildman–Crippen MR) is 202 cm³/mol. The Morgan fingerprint density at radius 1 is 0.694 bits per heavy atom. The quantitative estimate of drug-likeness (QED) is 0.131. The van der Waals surface area contributed by atoms with E-state index in [0.29, 0.717) is 0 Å². The van der Waals surface area contributed by atoms with E-state index in [4.69, 9.17) is 9.40 Å². The zero-order valence-corrected chi connectivity index (χ0v) is 30.8. The van der Waals surface area contributed by atoms with Crippen molar-refractivity contribution in [1.82, 2.24) is 14.5 Å². The second kappa shape index (κ2) is 13.4. The molecule has 0 N–H and O–H groups in total. The van der Waals surface area contributed by atoms with Gasteiger partial charge in [0.25, 0.3) is 0 Å². The van der Waals surface area contributed by atoms with Gasteiger partial charge in [0.15, 0.2) is 0 Å². The topological polar surface area (TPSA) is 43.9 Å². The molecule has 49 heavy (non-hydrogen) atoms.